The molecule has 6 nitrogen and oxygen atoms in total. The Morgan fingerprint density at radius 2 is 1.69 bits per heavy atom. The third kappa shape index (κ3) is 5.10. The number of nitrogens with zero attached hydrogens (tertiary/aromatic N) is 3. The summed E-state index contributed by atoms with van der Waals surface area (Å²) in [5.74, 6) is 0. The van der Waals surface area contributed by atoms with Crippen molar-refractivity contribution in [2.45, 2.75) is 13.1 Å². The van der Waals surface area contributed by atoms with E-state index < -0.39 is 0 Å². The molecule has 1 saturated heterocycles. The Morgan fingerprint density at radius 3 is 2.48 bits per heavy atom. The Balaban J connectivity index is 1.29. The molecule has 1 aliphatic heterocycles. The van der Waals surface area contributed by atoms with Crippen LogP contribution in [0.3, 0.4) is 0 Å². The molecule has 2 heterocycles. The number of piperazine rings is 1. The smallest absolute Gasteiger partial charge is 0.319 e. The van der Waals surface area contributed by atoms with Crippen molar-refractivity contribution >= 4 is 22.6 Å². The highest BCUT2D eigenvalue weighted by Crippen LogP contribution is 2.20. The molecule has 150 valence electrons. The second kappa shape index (κ2) is 9.03. The van der Waals surface area contributed by atoms with Gasteiger partial charge in [0.15, 0.2) is 0 Å². The number of carbonyl (C=O) groups excluding carboxylic acids is 1. The molecule has 0 saturated carbocycles. The van der Waals surface area contributed by atoms with Crippen LogP contribution in [0, 0.1) is 0 Å². The van der Waals surface area contributed by atoms with E-state index in [4.69, 9.17) is 0 Å². The quantitative estimate of drug-likeness (QED) is 0.703. The monoisotopic (exact) mass is 389 g/mol. The molecule has 2 amide bonds. The van der Waals surface area contributed by atoms with E-state index in [1.54, 1.807) is 6.20 Å². The number of para-hydroxylation sites is 1. The van der Waals surface area contributed by atoms with Gasteiger partial charge < -0.3 is 15.5 Å². The fourth-order valence-corrected chi connectivity index (χ4v) is 3.58. The molecule has 2 N–H and O–H groups in total. The maximum Gasteiger partial charge on any atom is 0.319 e. The first kappa shape index (κ1) is 19.4. The van der Waals surface area contributed by atoms with Crippen molar-refractivity contribution in [2.24, 2.45) is 0 Å². The van der Waals surface area contributed by atoms with Crippen LogP contribution in [0.15, 0.2) is 60.8 Å². The highest BCUT2D eigenvalue weighted by atomic mass is 16.2. The van der Waals surface area contributed by atoms with Crippen LogP contribution < -0.4 is 10.6 Å². The molecule has 1 aliphatic rings. The summed E-state index contributed by atoms with van der Waals surface area (Å²) < 4.78 is 0. The first-order valence-electron chi connectivity index (χ1n) is 10.0. The van der Waals surface area contributed by atoms with Crippen molar-refractivity contribution in [3.63, 3.8) is 0 Å². The van der Waals surface area contributed by atoms with E-state index >= 15 is 0 Å². The molecule has 0 unspecified atom stereocenters. The second-order valence-electron chi connectivity index (χ2n) is 7.58. The Labute approximate surface area is 171 Å². The van der Waals surface area contributed by atoms with E-state index in [1.807, 2.05) is 30.3 Å². The van der Waals surface area contributed by atoms with Crippen LogP contribution in [0.5, 0.6) is 0 Å². The number of hydrogen-bond acceptors (Lipinski definition) is 4. The largest absolute Gasteiger partial charge is 0.334 e. The van der Waals surface area contributed by atoms with E-state index in [1.165, 1.54) is 5.56 Å². The maximum atomic E-state index is 12.3. The van der Waals surface area contributed by atoms with Gasteiger partial charge in [-0.2, -0.15) is 0 Å². The zero-order valence-electron chi connectivity index (χ0n) is 16.8. The molecule has 4 rings (SSSR count). The lowest BCUT2D eigenvalue weighted by Gasteiger charge is -2.32. The molecule has 3 aromatic rings. The van der Waals surface area contributed by atoms with Gasteiger partial charge in [0, 0.05) is 50.9 Å². The zero-order chi connectivity index (χ0) is 20.1. The second-order valence-corrected chi connectivity index (χ2v) is 7.58. The van der Waals surface area contributed by atoms with Crippen LogP contribution in [0.1, 0.15) is 11.1 Å². The minimum atomic E-state index is -0.232. The highest BCUT2D eigenvalue weighted by molar-refractivity contribution is 5.99. The van der Waals surface area contributed by atoms with Crippen LogP contribution >= 0.6 is 0 Å². The molecule has 6 heteroatoms. The number of anilines is 1. The predicted octanol–water partition coefficient (Wildman–Crippen LogP) is 3.30. The summed E-state index contributed by atoms with van der Waals surface area (Å²) in [5.41, 5.74) is 3.89. The topological polar surface area (TPSA) is 60.5 Å². The van der Waals surface area contributed by atoms with E-state index in [0.29, 0.717) is 12.2 Å². The normalized spacial score (nSPS) is 15.3. The average molecular weight is 390 g/mol. The van der Waals surface area contributed by atoms with Crippen molar-refractivity contribution in [3.8, 4) is 0 Å². The van der Waals surface area contributed by atoms with Gasteiger partial charge in [0.2, 0.25) is 0 Å². The number of amides is 2. The fraction of sp³-hybridized carbons (Fsp3) is 0.304. The Morgan fingerprint density at radius 1 is 0.966 bits per heavy atom. The molecule has 0 atom stereocenters. The molecule has 0 radical (unpaired) electrons. The van der Waals surface area contributed by atoms with Gasteiger partial charge in [0.25, 0.3) is 0 Å². The molecule has 1 fully saturated rings. The van der Waals surface area contributed by atoms with Crippen LogP contribution in [0.2, 0.25) is 0 Å². The lowest BCUT2D eigenvalue weighted by molar-refractivity contribution is 0.148. The Bertz CT molecular complexity index is 959. The van der Waals surface area contributed by atoms with E-state index in [-0.39, 0.29) is 6.03 Å². The zero-order valence-corrected chi connectivity index (χ0v) is 16.8. The van der Waals surface area contributed by atoms with E-state index in [2.05, 4.69) is 56.7 Å². The number of hydrogen-bond donors (Lipinski definition) is 2. The molecule has 1 aromatic heterocycles. The van der Waals surface area contributed by atoms with Gasteiger partial charge >= 0.3 is 6.03 Å². The summed E-state index contributed by atoms with van der Waals surface area (Å²) in [7, 11) is 2.17. The summed E-state index contributed by atoms with van der Waals surface area (Å²) >= 11 is 0. The average Bonchev–Trinajstić information content (AvgIpc) is 2.75. The Hall–Kier alpha value is -2.96. The number of nitrogens with one attached hydrogen (secondary N) is 2. The van der Waals surface area contributed by atoms with Gasteiger partial charge in [-0.15, -0.1) is 0 Å². The van der Waals surface area contributed by atoms with Gasteiger partial charge in [-0.25, -0.2) is 4.79 Å². The molecule has 0 bridgehead atoms. The van der Waals surface area contributed by atoms with Gasteiger partial charge in [-0.05, 0) is 30.3 Å². The number of pyridine rings is 1. The number of likely N-dealkylation sites (N-methyl/N-ethyl adjacent to an activating group) is 1. The van der Waals surface area contributed by atoms with Crippen LogP contribution in [0.4, 0.5) is 10.5 Å². The third-order valence-corrected chi connectivity index (χ3v) is 5.36. The number of urea groups is 1. The molecule has 0 aliphatic carbocycles. The molecular formula is C23H27N5O. The number of carbonyl (C=O) groups is 1. The van der Waals surface area contributed by atoms with Crippen molar-refractivity contribution in [1.82, 2.24) is 20.1 Å². The third-order valence-electron chi connectivity index (χ3n) is 5.36. The number of fused-ring (bicyclic) bond motifs is 1. The standard InChI is InChI=1S/C23H27N5O/c1-27-12-14-28(15-13-27)17-19-9-7-18(8-10-19)16-25-23(29)26-21-6-2-4-20-5-3-11-24-22(20)21/h2-11H,12-17H2,1H3,(H2,25,26,29). The molecular weight excluding hydrogens is 362 g/mol. The first-order chi connectivity index (χ1) is 14.2. The number of rotatable bonds is 5. The van der Waals surface area contributed by atoms with E-state index in [0.717, 1.165) is 49.2 Å². The highest BCUT2D eigenvalue weighted by Gasteiger charge is 2.13. The minimum absolute atomic E-state index is 0.232. The Kier molecular flexibility index (Phi) is 6.03. The SMILES string of the molecule is CN1CCN(Cc2ccc(CNC(=O)Nc3cccc4cccnc34)cc2)CC1. The molecule has 2 aromatic carbocycles. The minimum Gasteiger partial charge on any atom is -0.334 e. The lowest BCUT2D eigenvalue weighted by Crippen LogP contribution is -2.43. The van der Waals surface area contributed by atoms with Crippen molar-refractivity contribution in [3.05, 3.63) is 71.9 Å². The van der Waals surface area contributed by atoms with Gasteiger partial charge in [-0.3, -0.25) is 9.88 Å². The van der Waals surface area contributed by atoms with Crippen molar-refractivity contribution in [1.29, 1.82) is 0 Å². The maximum absolute atomic E-state index is 12.3. The predicted molar refractivity (Wildman–Crippen MR) is 117 cm³/mol. The molecule has 0 spiro atoms. The number of benzene rings is 2. The summed E-state index contributed by atoms with van der Waals surface area (Å²) in [6, 6.07) is 17.9. The summed E-state index contributed by atoms with van der Waals surface area (Å²) in [6.45, 7) is 5.95. The van der Waals surface area contributed by atoms with Crippen molar-refractivity contribution < 1.29 is 4.79 Å². The fourth-order valence-electron chi connectivity index (χ4n) is 3.58. The number of aromatic nitrogens is 1. The van der Waals surface area contributed by atoms with Crippen LogP contribution in [-0.2, 0) is 13.1 Å². The molecule has 29 heavy (non-hydrogen) atoms. The first-order valence-corrected chi connectivity index (χ1v) is 10.0. The van der Waals surface area contributed by atoms with Gasteiger partial charge in [0.05, 0.1) is 11.2 Å². The van der Waals surface area contributed by atoms with Gasteiger partial charge in [0.1, 0.15) is 0 Å². The van der Waals surface area contributed by atoms with Gasteiger partial charge in [-0.1, -0.05) is 42.5 Å². The van der Waals surface area contributed by atoms with Crippen LogP contribution in [0.25, 0.3) is 10.9 Å². The van der Waals surface area contributed by atoms with E-state index in [9.17, 15) is 4.79 Å². The lowest BCUT2D eigenvalue weighted by atomic mass is 10.1. The summed E-state index contributed by atoms with van der Waals surface area (Å²) in [6.07, 6.45) is 1.73. The van der Waals surface area contributed by atoms with Crippen LogP contribution in [-0.4, -0.2) is 54.0 Å². The summed E-state index contributed by atoms with van der Waals surface area (Å²) in [4.78, 5) is 21.5. The van der Waals surface area contributed by atoms with Crippen molar-refractivity contribution in [2.75, 3.05) is 38.5 Å². The summed E-state index contributed by atoms with van der Waals surface area (Å²) in [5, 5.41) is 6.83.